The van der Waals surface area contributed by atoms with Crippen LogP contribution in [-0.2, 0) is 16.9 Å². The number of anilines is 1. The molecule has 0 fully saturated rings. The SMILES string of the molecule is CC(C)(C)C(=O)Nc1c2c(nn1C(=O)O)C(C)(C)N(C(=O)Cl)C2. The highest BCUT2D eigenvalue weighted by atomic mass is 35.5. The Bertz CT molecular complexity index is 702. The minimum Gasteiger partial charge on any atom is -0.463 e. The first-order valence-electron chi connectivity index (χ1n) is 7.01. The number of fused-ring (bicyclic) bond motifs is 1. The van der Waals surface area contributed by atoms with Crippen LogP contribution < -0.4 is 5.32 Å². The number of aromatic nitrogens is 2. The second-order valence-electron chi connectivity index (χ2n) is 6.97. The Morgan fingerprint density at radius 1 is 1.30 bits per heavy atom. The zero-order valence-electron chi connectivity index (χ0n) is 13.6. The number of nitrogens with zero attached hydrogens (tertiary/aromatic N) is 3. The highest BCUT2D eigenvalue weighted by molar-refractivity contribution is 6.62. The Morgan fingerprint density at radius 2 is 1.87 bits per heavy atom. The van der Waals surface area contributed by atoms with E-state index in [1.54, 1.807) is 34.6 Å². The first-order chi connectivity index (χ1) is 10.4. The number of hydrogen-bond acceptors (Lipinski definition) is 4. The molecule has 1 aromatic heterocycles. The average molecular weight is 343 g/mol. The van der Waals surface area contributed by atoms with Crippen LogP contribution >= 0.6 is 11.6 Å². The van der Waals surface area contributed by atoms with Crippen molar-refractivity contribution in [3.8, 4) is 0 Å². The van der Waals surface area contributed by atoms with Gasteiger partial charge in [0.1, 0.15) is 5.82 Å². The van der Waals surface area contributed by atoms with Gasteiger partial charge in [0.05, 0.1) is 17.8 Å². The average Bonchev–Trinajstić information content (AvgIpc) is 2.85. The highest BCUT2D eigenvalue weighted by Crippen LogP contribution is 2.42. The number of rotatable bonds is 1. The van der Waals surface area contributed by atoms with Gasteiger partial charge in [-0.15, -0.1) is 4.68 Å². The molecule has 126 valence electrons. The van der Waals surface area contributed by atoms with E-state index in [0.29, 0.717) is 11.3 Å². The van der Waals surface area contributed by atoms with Gasteiger partial charge in [-0.25, -0.2) is 4.79 Å². The predicted octanol–water partition coefficient (Wildman–Crippen LogP) is 2.80. The van der Waals surface area contributed by atoms with Crippen LogP contribution in [0.1, 0.15) is 45.9 Å². The Balaban J connectivity index is 2.55. The second-order valence-corrected chi connectivity index (χ2v) is 7.30. The summed E-state index contributed by atoms with van der Waals surface area (Å²) in [5.74, 6) is -0.294. The summed E-state index contributed by atoms with van der Waals surface area (Å²) in [6.45, 7) is 8.65. The lowest BCUT2D eigenvalue weighted by atomic mass is 9.95. The summed E-state index contributed by atoms with van der Waals surface area (Å²) in [4.78, 5) is 36.6. The lowest BCUT2D eigenvalue weighted by Gasteiger charge is -2.29. The molecular formula is C14H19ClN4O4. The molecule has 0 radical (unpaired) electrons. The lowest BCUT2D eigenvalue weighted by Crippen LogP contribution is -2.38. The second kappa shape index (κ2) is 5.23. The van der Waals surface area contributed by atoms with Crippen LogP contribution in [0.3, 0.4) is 0 Å². The van der Waals surface area contributed by atoms with Gasteiger partial charge in [-0.1, -0.05) is 20.8 Å². The first kappa shape index (κ1) is 17.3. The fourth-order valence-corrected chi connectivity index (χ4v) is 2.69. The standard InChI is InChI=1S/C14H19ClN4O4/c1-13(2,3)10(20)16-9-7-6-18(11(15)21)14(4,5)8(7)17-19(9)12(22)23/h6H2,1-5H3,(H,16,20)(H,22,23). The topological polar surface area (TPSA) is 105 Å². The zero-order valence-corrected chi connectivity index (χ0v) is 14.4. The maximum atomic E-state index is 12.2. The molecule has 0 bridgehead atoms. The van der Waals surface area contributed by atoms with E-state index in [-0.39, 0.29) is 18.3 Å². The predicted molar refractivity (Wildman–Crippen MR) is 83.6 cm³/mol. The van der Waals surface area contributed by atoms with E-state index >= 15 is 0 Å². The molecule has 2 N–H and O–H groups in total. The molecular weight excluding hydrogens is 324 g/mol. The van der Waals surface area contributed by atoms with Gasteiger partial charge in [0.2, 0.25) is 5.91 Å². The number of carbonyl (C=O) groups is 3. The van der Waals surface area contributed by atoms with Crippen LogP contribution in [0.5, 0.6) is 0 Å². The lowest BCUT2D eigenvalue weighted by molar-refractivity contribution is -0.123. The molecule has 2 heterocycles. The van der Waals surface area contributed by atoms with Crippen molar-refractivity contribution in [3.63, 3.8) is 0 Å². The minimum atomic E-state index is -1.32. The molecule has 1 aromatic rings. The van der Waals surface area contributed by atoms with E-state index in [1.165, 1.54) is 4.90 Å². The third-order valence-electron chi connectivity index (χ3n) is 3.86. The van der Waals surface area contributed by atoms with Gasteiger partial charge in [-0.3, -0.25) is 9.59 Å². The van der Waals surface area contributed by atoms with Crippen molar-refractivity contribution in [2.24, 2.45) is 5.41 Å². The normalized spacial score (nSPS) is 16.2. The maximum absolute atomic E-state index is 12.2. The molecule has 2 rings (SSSR count). The molecule has 1 aliphatic heterocycles. The van der Waals surface area contributed by atoms with E-state index in [2.05, 4.69) is 10.4 Å². The van der Waals surface area contributed by atoms with Crippen molar-refractivity contribution >= 4 is 34.8 Å². The number of halogens is 1. The van der Waals surface area contributed by atoms with Gasteiger partial charge >= 0.3 is 11.5 Å². The quantitative estimate of drug-likeness (QED) is 0.603. The Labute approximate surface area is 138 Å². The molecule has 0 atom stereocenters. The van der Waals surface area contributed by atoms with Crippen LogP contribution in [0.2, 0.25) is 0 Å². The van der Waals surface area contributed by atoms with Gasteiger partial charge < -0.3 is 15.3 Å². The molecule has 0 saturated carbocycles. The molecule has 9 heteroatoms. The van der Waals surface area contributed by atoms with Crippen LogP contribution in [-0.4, -0.2) is 37.2 Å². The van der Waals surface area contributed by atoms with Gasteiger partial charge in [-0.05, 0) is 25.4 Å². The Morgan fingerprint density at radius 3 is 2.30 bits per heavy atom. The van der Waals surface area contributed by atoms with Crippen molar-refractivity contribution in [2.45, 2.75) is 46.7 Å². The third-order valence-corrected chi connectivity index (χ3v) is 4.06. The molecule has 23 heavy (non-hydrogen) atoms. The summed E-state index contributed by atoms with van der Waals surface area (Å²) in [5, 5.41) is 15.3. The first-order valence-corrected chi connectivity index (χ1v) is 7.39. The van der Waals surface area contributed by atoms with Crippen molar-refractivity contribution in [2.75, 3.05) is 5.32 Å². The summed E-state index contributed by atoms with van der Waals surface area (Å²) < 4.78 is 0.728. The monoisotopic (exact) mass is 342 g/mol. The van der Waals surface area contributed by atoms with Crippen LogP contribution in [0.4, 0.5) is 15.4 Å². The van der Waals surface area contributed by atoms with E-state index in [4.69, 9.17) is 11.6 Å². The molecule has 0 unspecified atom stereocenters. The molecule has 1 aliphatic rings. The number of amides is 2. The number of carbonyl (C=O) groups excluding carboxylic acids is 2. The van der Waals surface area contributed by atoms with E-state index in [9.17, 15) is 19.5 Å². The van der Waals surface area contributed by atoms with Crippen molar-refractivity contribution in [1.82, 2.24) is 14.7 Å². The minimum absolute atomic E-state index is 0.0564. The van der Waals surface area contributed by atoms with Crippen molar-refractivity contribution in [1.29, 1.82) is 0 Å². The Hall–Kier alpha value is -2.09. The van der Waals surface area contributed by atoms with E-state index in [0.717, 1.165) is 4.68 Å². The Kier molecular flexibility index (Phi) is 3.92. The summed E-state index contributed by atoms with van der Waals surface area (Å²) >= 11 is 5.60. The summed E-state index contributed by atoms with van der Waals surface area (Å²) in [5.41, 5.74) is -0.700. The van der Waals surface area contributed by atoms with Gasteiger partial charge in [0.25, 0.3) is 0 Å². The van der Waals surface area contributed by atoms with Crippen molar-refractivity contribution < 1.29 is 19.5 Å². The smallest absolute Gasteiger partial charge is 0.434 e. The van der Waals surface area contributed by atoms with Crippen LogP contribution in [0, 0.1) is 5.41 Å². The van der Waals surface area contributed by atoms with Gasteiger partial charge in [0, 0.05) is 11.0 Å². The molecule has 0 spiro atoms. The van der Waals surface area contributed by atoms with Crippen LogP contribution in [0.15, 0.2) is 0 Å². The van der Waals surface area contributed by atoms with E-state index < -0.39 is 22.4 Å². The number of nitrogens with one attached hydrogen (secondary N) is 1. The summed E-state index contributed by atoms with van der Waals surface area (Å²) in [6, 6.07) is 0. The fourth-order valence-electron chi connectivity index (χ4n) is 2.42. The molecule has 8 nitrogen and oxygen atoms in total. The fraction of sp³-hybridized carbons (Fsp3) is 0.571. The van der Waals surface area contributed by atoms with Crippen molar-refractivity contribution in [3.05, 3.63) is 11.3 Å². The summed E-state index contributed by atoms with van der Waals surface area (Å²) in [7, 11) is 0. The highest BCUT2D eigenvalue weighted by Gasteiger charge is 2.45. The zero-order chi connectivity index (χ0) is 17.7. The molecule has 0 saturated heterocycles. The van der Waals surface area contributed by atoms with E-state index in [1.807, 2.05) is 0 Å². The number of carboxylic acid groups (broad SMARTS) is 1. The summed E-state index contributed by atoms with van der Waals surface area (Å²) in [6.07, 6.45) is -1.32. The number of hydrogen-bond donors (Lipinski definition) is 2. The molecule has 0 aromatic carbocycles. The van der Waals surface area contributed by atoms with Crippen LogP contribution in [0.25, 0.3) is 0 Å². The largest absolute Gasteiger partial charge is 0.463 e. The molecule has 0 aliphatic carbocycles. The third kappa shape index (κ3) is 2.78. The van der Waals surface area contributed by atoms with Gasteiger partial charge in [-0.2, -0.15) is 5.10 Å². The molecule has 2 amide bonds. The van der Waals surface area contributed by atoms with Gasteiger partial charge in [0.15, 0.2) is 0 Å². The maximum Gasteiger partial charge on any atom is 0.434 e.